The van der Waals surface area contributed by atoms with Crippen molar-refractivity contribution in [3.63, 3.8) is 0 Å². The first-order valence-electron chi connectivity index (χ1n) is 9.41. The summed E-state index contributed by atoms with van der Waals surface area (Å²) in [5, 5.41) is 0. The second kappa shape index (κ2) is 7.98. The van der Waals surface area contributed by atoms with Gasteiger partial charge in [0.15, 0.2) is 0 Å². The summed E-state index contributed by atoms with van der Waals surface area (Å²) in [5.74, 6) is 0.133. The second-order valence-electron chi connectivity index (χ2n) is 7.41. The molecule has 8 heteroatoms. The number of piperidine rings is 1. The molecule has 2 aliphatic heterocycles. The molecule has 2 saturated heterocycles. The van der Waals surface area contributed by atoms with Crippen molar-refractivity contribution < 1.29 is 18.0 Å². The van der Waals surface area contributed by atoms with Crippen LogP contribution in [0.2, 0.25) is 0 Å². The number of hydrogen-bond donors (Lipinski definition) is 0. The SMILES string of the molecule is CN(C)S(=O)(=O)c1ccc(C(=O)N2CCC(C(=O)N3CCCC3)CC2)cc1. The van der Waals surface area contributed by atoms with E-state index in [0.717, 1.165) is 30.2 Å². The van der Waals surface area contributed by atoms with E-state index in [1.165, 1.54) is 26.2 Å². The minimum Gasteiger partial charge on any atom is -0.342 e. The van der Waals surface area contributed by atoms with Crippen molar-refractivity contribution >= 4 is 21.8 Å². The van der Waals surface area contributed by atoms with Gasteiger partial charge in [0.25, 0.3) is 5.91 Å². The zero-order chi connectivity index (χ0) is 19.6. The summed E-state index contributed by atoms with van der Waals surface area (Å²) in [7, 11) is -0.555. The van der Waals surface area contributed by atoms with Gasteiger partial charge in [0, 0.05) is 51.8 Å². The Labute approximate surface area is 161 Å². The van der Waals surface area contributed by atoms with E-state index in [2.05, 4.69) is 0 Å². The Hall–Kier alpha value is -1.93. The molecule has 2 heterocycles. The quantitative estimate of drug-likeness (QED) is 0.775. The minimum absolute atomic E-state index is 0.0137. The molecule has 27 heavy (non-hydrogen) atoms. The van der Waals surface area contributed by atoms with Gasteiger partial charge in [0.1, 0.15) is 0 Å². The average Bonchev–Trinajstić information content (AvgIpc) is 3.22. The Kier molecular flexibility index (Phi) is 5.86. The molecule has 0 unspecified atom stereocenters. The Bertz CT molecular complexity index is 791. The van der Waals surface area contributed by atoms with Crippen LogP contribution in [0.3, 0.4) is 0 Å². The second-order valence-corrected chi connectivity index (χ2v) is 9.56. The van der Waals surface area contributed by atoms with E-state index in [-0.39, 0.29) is 22.6 Å². The molecule has 0 aromatic heterocycles. The molecule has 1 aromatic rings. The maximum atomic E-state index is 12.7. The molecular weight excluding hydrogens is 366 g/mol. The first-order valence-corrected chi connectivity index (χ1v) is 10.9. The van der Waals surface area contributed by atoms with Gasteiger partial charge in [0.05, 0.1) is 4.90 Å². The summed E-state index contributed by atoms with van der Waals surface area (Å²) in [6.45, 7) is 2.84. The number of hydrogen-bond acceptors (Lipinski definition) is 4. The molecule has 0 saturated carbocycles. The molecule has 0 N–H and O–H groups in total. The third-order valence-electron chi connectivity index (χ3n) is 5.43. The molecule has 0 aliphatic carbocycles. The topological polar surface area (TPSA) is 78.0 Å². The predicted molar refractivity (Wildman–Crippen MR) is 102 cm³/mol. The standard InChI is InChI=1S/C19H27N3O4S/c1-20(2)27(25,26)17-7-5-15(6-8-17)18(23)22-13-9-16(10-14-22)19(24)21-11-3-4-12-21/h5-8,16H,3-4,9-14H2,1-2H3. The van der Waals surface area contributed by atoms with Crippen molar-refractivity contribution in [2.24, 2.45) is 5.92 Å². The highest BCUT2D eigenvalue weighted by molar-refractivity contribution is 7.89. The molecule has 148 valence electrons. The van der Waals surface area contributed by atoms with Crippen LogP contribution in [0.15, 0.2) is 29.2 Å². The van der Waals surface area contributed by atoms with E-state index in [1.807, 2.05) is 4.90 Å². The van der Waals surface area contributed by atoms with Crippen LogP contribution in [-0.4, -0.2) is 74.6 Å². The number of carbonyl (C=O) groups excluding carboxylic acids is 2. The van der Waals surface area contributed by atoms with Crippen LogP contribution < -0.4 is 0 Å². The molecule has 2 aliphatic rings. The Balaban J connectivity index is 1.60. The molecule has 0 radical (unpaired) electrons. The van der Waals surface area contributed by atoms with Crippen molar-refractivity contribution in [3.05, 3.63) is 29.8 Å². The highest BCUT2D eigenvalue weighted by Crippen LogP contribution is 2.23. The van der Waals surface area contributed by atoms with E-state index in [4.69, 9.17) is 0 Å². The third-order valence-corrected chi connectivity index (χ3v) is 7.26. The molecule has 7 nitrogen and oxygen atoms in total. The number of benzene rings is 1. The van der Waals surface area contributed by atoms with Crippen LogP contribution in [0.5, 0.6) is 0 Å². The van der Waals surface area contributed by atoms with Crippen LogP contribution in [-0.2, 0) is 14.8 Å². The Morgan fingerprint density at radius 2 is 1.48 bits per heavy atom. The lowest BCUT2D eigenvalue weighted by Crippen LogP contribution is -2.43. The molecule has 1 aromatic carbocycles. The molecule has 3 rings (SSSR count). The number of sulfonamides is 1. The van der Waals surface area contributed by atoms with Crippen LogP contribution in [0, 0.1) is 5.92 Å². The first kappa shape index (κ1) is 19.8. The molecule has 0 atom stereocenters. The fourth-order valence-electron chi connectivity index (χ4n) is 3.69. The lowest BCUT2D eigenvalue weighted by atomic mass is 9.95. The number of amides is 2. The summed E-state index contributed by atoms with van der Waals surface area (Å²) in [5.41, 5.74) is 0.469. The fraction of sp³-hybridized carbons (Fsp3) is 0.579. The number of nitrogens with zero attached hydrogens (tertiary/aromatic N) is 3. The average molecular weight is 394 g/mol. The van der Waals surface area contributed by atoms with Gasteiger partial charge >= 0.3 is 0 Å². The molecule has 0 bridgehead atoms. The zero-order valence-electron chi connectivity index (χ0n) is 15.9. The van der Waals surface area contributed by atoms with Gasteiger partial charge in [-0.3, -0.25) is 9.59 Å². The van der Waals surface area contributed by atoms with Crippen molar-refractivity contribution in [1.82, 2.24) is 14.1 Å². The van der Waals surface area contributed by atoms with E-state index in [0.29, 0.717) is 31.5 Å². The maximum Gasteiger partial charge on any atom is 0.253 e. The third kappa shape index (κ3) is 4.16. The van der Waals surface area contributed by atoms with Crippen molar-refractivity contribution in [2.75, 3.05) is 40.3 Å². The number of rotatable bonds is 4. The summed E-state index contributed by atoms with van der Waals surface area (Å²) in [4.78, 5) is 29.1. The monoisotopic (exact) mass is 393 g/mol. The first-order chi connectivity index (χ1) is 12.8. The molecular formula is C19H27N3O4S. The predicted octanol–water partition coefficient (Wildman–Crippen LogP) is 1.41. The van der Waals surface area contributed by atoms with E-state index >= 15 is 0 Å². The van der Waals surface area contributed by atoms with Crippen LogP contribution in [0.1, 0.15) is 36.0 Å². The van der Waals surface area contributed by atoms with E-state index < -0.39 is 10.0 Å². The van der Waals surface area contributed by atoms with Crippen molar-refractivity contribution in [1.29, 1.82) is 0 Å². The fourth-order valence-corrected chi connectivity index (χ4v) is 4.59. The molecule has 0 spiro atoms. The van der Waals surface area contributed by atoms with Crippen LogP contribution in [0.25, 0.3) is 0 Å². The normalized spacial score (nSPS) is 18.9. The Morgan fingerprint density at radius 1 is 0.926 bits per heavy atom. The lowest BCUT2D eigenvalue weighted by Gasteiger charge is -2.33. The van der Waals surface area contributed by atoms with Gasteiger partial charge in [-0.2, -0.15) is 0 Å². The van der Waals surface area contributed by atoms with Gasteiger partial charge < -0.3 is 9.80 Å². The zero-order valence-corrected chi connectivity index (χ0v) is 16.7. The summed E-state index contributed by atoms with van der Waals surface area (Å²) in [6.07, 6.45) is 3.55. The van der Waals surface area contributed by atoms with Gasteiger partial charge in [-0.25, -0.2) is 12.7 Å². The Morgan fingerprint density at radius 3 is 2.00 bits per heavy atom. The van der Waals surface area contributed by atoms with Gasteiger partial charge in [0.2, 0.25) is 15.9 Å². The lowest BCUT2D eigenvalue weighted by molar-refractivity contribution is -0.135. The van der Waals surface area contributed by atoms with Gasteiger partial charge in [-0.1, -0.05) is 0 Å². The van der Waals surface area contributed by atoms with Crippen molar-refractivity contribution in [3.8, 4) is 0 Å². The highest BCUT2D eigenvalue weighted by Gasteiger charge is 2.31. The largest absolute Gasteiger partial charge is 0.342 e. The maximum absolute atomic E-state index is 12.7. The highest BCUT2D eigenvalue weighted by atomic mass is 32.2. The number of likely N-dealkylation sites (tertiary alicyclic amines) is 2. The van der Waals surface area contributed by atoms with Crippen molar-refractivity contribution in [2.45, 2.75) is 30.6 Å². The number of carbonyl (C=O) groups is 2. The molecule has 2 amide bonds. The summed E-state index contributed by atoms with van der Waals surface area (Å²) in [6, 6.07) is 6.04. The smallest absolute Gasteiger partial charge is 0.253 e. The van der Waals surface area contributed by atoms with Gasteiger partial charge in [-0.15, -0.1) is 0 Å². The summed E-state index contributed by atoms with van der Waals surface area (Å²) >= 11 is 0. The van der Waals surface area contributed by atoms with E-state index in [1.54, 1.807) is 17.0 Å². The van der Waals surface area contributed by atoms with Crippen LogP contribution >= 0.6 is 0 Å². The van der Waals surface area contributed by atoms with Crippen LogP contribution in [0.4, 0.5) is 0 Å². The van der Waals surface area contributed by atoms with Gasteiger partial charge in [-0.05, 0) is 49.9 Å². The summed E-state index contributed by atoms with van der Waals surface area (Å²) < 4.78 is 25.4. The molecule has 2 fully saturated rings. The van der Waals surface area contributed by atoms with E-state index in [9.17, 15) is 18.0 Å². The minimum atomic E-state index is -3.50.